The van der Waals surface area contributed by atoms with E-state index in [1.165, 1.54) is 0 Å². The number of aliphatic imine (C=N–C) groups is 1. The number of benzene rings is 4. The molecule has 4 heterocycles. The number of nitrogens with one attached hydrogen (secondary N) is 1. The number of nitrogen functional groups attached to an aromatic ring is 1. The van der Waals surface area contributed by atoms with Crippen LogP contribution in [0.25, 0.3) is 11.1 Å². The molecule has 0 saturated carbocycles. The van der Waals surface area contributed by atoms with Crippen molar-refractivity contribution in [3.63, 3.8) is 0 Å². The lowest BCUT2D eigenvalue weighted by Gasteiger charge is -2.20. The number of rotatable bonds is 11. The third-order valence-corrected chi connectivity index (χ3v) is 10.2. The lowest BCUT2D eigenvalue weighted by atomic mass is 10.0. The van der Waals surface area contributed by atoms with Crippen molar-refractivity contribution in [1.82, 2.24) is 9.80 Å². The van der Waals surface area contributed by atoms with Crippen LogP contribution in [0.3, 0.4) is 0 Å². The van der Waals surface area contributed by atoms with E-state index in [4.69, 9.17) is 34.4 Å². The molecule has 0 bridgehead atoms. The van der Waals surface area contributed by atoms with Gasteiger partial charge in [0.2, 0.25) is 0 Å². The highest BCUT2D eigenvalue weighted by Gasteiger charge is 2.36. The van der Waals surface area contributed by atoms with Gasteiger partial charge in [0.1, 0.15) is 5.75 Å². The molecule has 2 amide bonds. The molecule has 0 aromatic heterocycles. The average molecular weight is 728 g/mol. The first-order valence-electron chi connectivity index (χ1n) is 17.9. The van der Waals surface area contributed by atoms with Crippen molar-refractivity contribution in [3.05, 3.63) is 107 Å². The normalized spacial score (nSPS) is 18.3. The fourth-order valence-electron chi connectivity index (χ4n) is 7.28. The highest BCUT2D eigenvalue weighted by atomic mass is 16.5. The third kappa shape index (κ3) is 6.55. The summed E-state index contributed by atoms with van der Waals surface area (Å²) >= 11 is 0. The quantitative estimate of drug-likeness (QED) is 0.126. The molecule has 4 aliphatic rings. The Hall–Kier alpha value is -6.43. The minimum atomic E-state index is -0.199. The molecule has 0 saturated heterocycles. The van der Waals surface area contributed by atoms with Gasteiger partial charge in [-0.2, -0.15) is 0 Å². The zero-order valence-corrected chi connectivity index (χ0v) is 30.3. The molecule has 12 heteroatoms. The maximum absolute atomic E-state index is 13.7. The summed E-state index contributed by atoms with van der Waals surface area (Å²) in [6.07, 6.45) is 7.58. The summed E-state index contributed by atoms with van der Waals surface area (Å²) in [6, 6.07) is 22.3. The zero-order chi connectivity index (χ0) is 37.3. The largest absolute Gasteiger partial charge is 0.497 e. The SMILES string of the molecule is COc1ccc(C2=CN3C(=O)c4cc(OC)c(OCCCOc5cc6c(cc5OC)C(=O)N5C=C(c7ccc(N)cc7)C[C@H]5CN6)cc4N=C[C@@H]3C2)cc1. The fraction of sp³-hybridized carbons (Fsp3) is 0.262. The van der Waals surface area contributed by atoms with Crippen molar-refractivity contribution in [2.75, 3.05) is 52.1 Å². The summed E-state index contributed by atoms with van der Waals surface area (Å²) in [5, 5.41) is 3.46. The van der Waals surface area contributed by atoms with Crippen LogP contribution in [0, 0.1) is 0 Å². The van der Waals surface area contributed by atoms with Crippen molar-refractivity contribution in [2.45, 2.75) is 31.3 Å². The molecule has 276 valence electrons. The Kier molecular flexibility index (Phi) is 9.32. The van der Waals surface area contributed by atoms with E-state index in [0.29, 0.717) is 83.8 Å². The first-order valence-corrected chi connectivity index (χ1v) is 17.9. The maximum atomic E-state index is 13.7. The van der Waals surface area contributed by atoms with E-state index in [0.717, 1.165) is 34.4 Å². The molecular formula is C42H41N5O7. The molecule has 0 aliphatic carbocycles. The predicted octanol–water partition coefficient (Wildman–Crippen LogP) is 6.80. The molecule has 8 rings (SSSR count). The van der Waals surface area contributed by atoms with Crippen LogP contribution in [0.1, 0.15) is 51.1 Å². The van der Waals surface area contributed by atoms with E-state index in [9.17, 15) is 9.59 Å². The number of nitrogens with two attached hydrogens (primary N) is 1. The number of methoxy groups -OCH3 is 3. The molecule has 3 N–H and O–H groups in total. The van der Waals surface area contributed by atoms with Crippen LogP contribution in [0.2, 0.25) is 0 Å². The number of nitrogens with zero attached hydrogens (tertiary/aromatic N) is 3. The number of carbonyl (C=O) groups excluding carboxylic acids is 2. The van der Waals surface area contributed by atoms with Gasteiger partial charge in [-0.05, 0) is 65.1 Å². The highest BCUT2D eigenvalue weighted by Crippen LogP contribution is 2.41. The molecule has 4 aliphatic heterocycles. The van der Waals surface area contributed by atoms with Gasteiger partial charge < -0.3 is 44.5 Å². The van der Waals surface area contributed by atoms with Gasteiger partial charge in [-0.25, -0.2) is 0 Å². The van der Waals surface area contributed by atoms with Gasteiger partial charge in [-0.15, -0.1) is 0 Å². The van der Waals surface area contributed by atoms with Gasteiger partial charge in [-0.3, -0.25) is 14.6 Å². The minimum absolute atomic E-state index is 0.0225. The van der Waals surface area contributed by atoms with E-state index in [-0.39, 0.29) is 23.9 Å². The number of hydrogen-bond donors (Lipinski definition) is 2. The van der Waals surface area contributed by atoms with Crippen LogP contribution in [0.5, 0.6) is 28.7 Å². The molecule has 4 aromatic carbocycles. The standard InChI is InChI=1S/C42H41N5O7/c1-50-32-11-7-26(8-12-32)28-16-31-22-45-36-20-40(38(52-3)18-34(36)42(49)47(31)24-28)54-14-4-13-53-39-19-35-33(17-37(39)51-2)41(48)46-23-27(15-30(46)21-44-35)25-5-9-29(43)10-6-25/h5-12,17-20,22-24,30-31,44H,4,13-16,21,43H2,1-3H3/t30-,31-/m0/s1. The van der Waals surface area contributed by atoms with Crippen molar-refractivity contribution in [3.8, 4) is 28.7 Å². The summed E-state index contributed by atoms with van der Waals surface area (Å²) in [7, 11) is 4.74. The van der Waals surface area contributed by atoms with E-state index in [1.54, 1.807) is 49.3 Å². The Morgan fingerprint density at radius 1 is 0.722 bits per heavy atom. The van der Waals surface area contributed by atoms with E-state index in [1.807, 2.05) is 73.2 Å². The topological polar surface area (TPSA) is 137 Å². The zero-order valence-electron chi connectivity index (χ0n) is 30.3. The predicted molar refractivity (Wildman–Crippen MR) is 207 cm³/mol. The Bertz CT molecular complexity index is 2200. The van der Waals surface area contributed by atoms with Crippen molar-refractivity contribution in [2.24, 2.45) is 4.99 Å². The van der Waals surface area contributed by atoms with Crippen LogP contribution >= 0.6 is 0 Å². The Balaban J connectivity index is 0.905. The van der Waals surface area contributed by atoms with Gasteiger partial charge >= 0.3 is 0 Å². The molecular weight excluding hydrogens is 686 g/mol. The number of carbonyl (C=O) groups is 2. The molecule has 2 atom stereocenters. The van der Waals surface area contributed by atoms with Gasteiger partial charge in [0.25, 0.3) is 11.8 Å². The molecule has 0 unspecified atom stereocenters. The van der Waals surface area contributed by atoms with Crippen LogP contribution < -0.4 is 34.7 Å². The summed E-state index contributed by atoms with van der Waals surface area (Å²) in [5.41, 5.74) is 13.0. The van der Waals surface area contributed by atoms with E-state index in [2.05, 4.69) is 5.32 Å². The Morgan fingerprint density at radius 3 is 2.02 bits per heavy atom. The molecule has 4 aromatic rings. The molecule has 0 fully saturated rings. The second-order valence-electron chi connectivity index (χ2n) is 13.5. The molecule has 0 spiro atoms. The smallest absolute Gasteiger partial charge is 0.260 e. The van der Waals surface area contributed by atoms with Gasteiger partial charge in [-0.1, -0.05) is 24.3 Å². The van der Waals surface area contributed by atoms with Gasteiger partial charge in [0.15, 0.2) is 23.0 Å². The number of amides is 2. The van der Waals surface area contributed by atoms with Crippen molar-refractivity contribution >= 4 is 46.2 Å². The van der Waals surface area contributed by atoms with Crippen LogP contribution in [-0.2, 0) is 0 Å². The van der Waals surface area contributed by atoms with E-state index < -0.39 is 0 Å². The average Bonchev–Trinajstić information content (AvgIpc) is 3.78. The highest BCUT2D eigenvalue weighted by molar-refractivity contribution is 6.05. The molecule has 54 heavy (non-hydrogen) atoms. The molecule has 12 nitrogen and oxygen atoms in total. The lowest BCUT2D eigenvalue weighted by Crippen LogP contribution is -2.34. The second-order valence-corrected chi connectivity index (χ2v) is 13.5. The Morgan fingerprint density at radius 2 is 1.33 bits per heavy atom. The third-order valence-electron chi connectivity index (χ3n) is 10.2. The fourth-order valence-corrected chi connectivity index (χ4v) is 7.28. The monoisotopic (exact) mass is 727 g/mol. The number of fused-ring (bicyclic) bond motifs is 4. The minimum Gasteiger partial charge on any atom is -0.497 e. The second kappa shape index (κ2) is 14.5. The van der Waals surface area contributed by atoms with Gasteiger partial charge in [0.05, 0.1) is 69.1 Å². The summed E-state index contributed by atoms with van der Waals surface area (Å²) in [6.45, 7) is 1.24. The van der Waals surface area contributed by atoms with Crippen LogP contribution in [0.4, 0.5) is 17.1 Å². The number of anilines is 2. The summed E-state index contributed by atoms with van der Waals surface area (Å²) in [5.74, 6) is 2.44. The maximum Gasteiger partial charge on any atom is 0.260 e. The Labute approximate surface area is 313 Å². The van der Waals surface area contributed by atoms with Gasteiger partial charge in [0, 0.05) is 55.8 Å². The summed E-state index contributed by atoms with van der Waals surface area (Å²) < 4.78 is 28.9. The lowest BCUT2D eigenvalue weighted by molar-refractivity contribution is 0.0793. The molecule has 0 radical (unpaired) electrons. The summed E-state index contributed by atoms with van der Waals surface area (Å²) in [4.78, 5) is 35.7. The first-order chi connectivity index (χ1) is 26.3. The van der Waals surface area contributed by atoms with Crippen molar-refractivity contribution in [1.29, 1.82) is 0 Å². The van der Waals surface area contributed by atoms with Crippen LogP contribution in [0.15, 0.2) is 90.2 Å². The number of ether oxygens (including phenoxy) is 5. The van der Waals surface area contributed by atoms with E-state index >= 15 is 0 Å². The first kappa shape index (κ1) is 34.6. The van der Waals surface area contributed by atoms with Crippen LogP contribution in [-0.4, -0.2) is 81.0 Å². The number of hydrogen-bond acceptors (Lipinski definition) is 10. The van der Waals surface area contributed by atoms with Crippen molar-refractivity contribution < 1.29 is 33.3 Å².